The number of benzene rings is 1. The number of anilines is 1. The van der Waals surface area contributed by atoms with Gasteiger partial charge < -0.3 is 15.0 Å². The number of methoxy groups -OCH3 is 1. The van der Waals surface area contributed by atoms with Crippen LogP contribution in [0, 0.1) is 0 Å². The molecule has 0 spiro atoms. The minimum atomic E-state index is 0.867. The Morgan fingerprint density at radius 1 is 1.13 bits per heavy atom. The van der Waals surface area contributed by atoms with Gasteiger partial charge in [0.25, 0.3) is 0 Å². The Morgan fingerprint density at radius 2 is 1.91 bits per heavy atom. The molecule has 1 aromatic heterocycles. The van der Waals surface area contributed by atoms with Crippen molar-refractivity contribution in [2.45, 2.75) is 33.1 Å². The number of aromatic nitrogens is 1. The molecule has 0 amide bonds. The number of hydrogen-bond acceptors (Lipinski definition) is 4. The first-order chi connectivity index (χ1) is 11.3. The molecule has 0 fully saturated rings. The van der Waals surface area contributed by atoms with E-state index in [0.717, 1.165) is 41.9 Å². The predicted molar refractivity (Wildman–Crippen MR) is 98.4 cm³/mol. The molecule has 0 saturated carbocycles. The number of rotatable bonds is 10. The number of pyridine rings is 1. The molecule has 1 aromatic carbocycles. The zero-order valence-corrected chi connectivity index (χ0v) is 14.6. The molecule has 1 heterocycles. The van der Waals surface area contributed by atoms with E-state index in [1.165, 1.54) is 25.9 Å². The van der Waals surface area contributed by atoms with Crippen molar-refractivity contribution >= 4 is 16.6 Å². The fourth-order valence-electron chi connectivity index (χ4n) is 2.91. The van der Waals surface area contributed by atoms with Gasteiger partial charge >= 0.3 is 0 Å². The third-order valence-corrected chi connectivity index (χ3v) is 3.96. The summed E-state index contributed by atoms with van der Waals surface area (Å²) in [7, 11) is 1.70. The Kier molecular flexibility index (Phi) is 7.14. The van der Waals surface area contributed by atoms with Gasteiger partial charge in [-0.05, 0) is 51.0 Å². The van der Waals surface area contributed by atoms with E-state index in [2.05, 4.69) is 35.1 Å². The van der Waals surface area contributed by atoms with E-state index < -0.39 is 0 Å². The molecule has 2 aromatic rings. The van der Waals surface area contributed by atoms with Crippen molar-refractivity contribution < 1.29 is 4.74 Å². The highest BCUT2D eigenvalue weighted by Crippen LogP contribution is 2.27. The number of nitrogens with one attached hydrogen (secondary N) is 1. The van der Waals surface area contributed by atoms with Crippen LogP contribution in [0.25, 0.3) is 10.9 Å². The maximum atomic E-state index is 5.40. The lowest BCUT2D eigenvalue weighted by Crippen LogP contribution is -2.27. The van der Waals surface area contributed by atoms with Crippen molar-refractivity contribution in [1.82, 2.24) is 9.88 Å². The lowest BCUT2D eigenvalue weighted by atomic mass is 10.1. The average Bonchev–Trinajstić information content (AvgIpc) is 2.58. The average molecular weight is 315 g/mol. The van der Waals surface area contributed by atoms with Crippen LogP contribution in [0.1, 0.15) is 33.1 Å². The molecule has 23 heavy (non-hydrogen) atoms. The van der Waals surface area contributed by atoms with Gasteiger partial charge in [0.1, 0.15) is 5.75 Å². The summed E-state index contributed by atoms with van der Waals surface area (Å²) >= 11 is 0. The number of hydrogen-bond donors (Lipinski definition) is 1. The summed E-state index contributed by atoms with van der Waals surface area (Å²) in [6.45, 7) is 8.96. The monoisotopic (exact) mass is 315 g/mol. The zero-order valence-electron chi connectivity index (χ0n) is 14.6. The van der Waals surface area contributed by atoms with Crippen molar-refractivity contribution in [2.24, 2.45) is 0 Å². The van der Waals surface area contributed by atoms with Crippen LogP contribution in [0.3, 0.4) is 0 Å². The molecule has 0 atom stereocenters. The van der Waals surface area contributed by atoms with Gasteiger partial charge in [-0.25, -0.2) is 0 Å². The standard InChI is InChI=1S/C19H29N3O/c1-4-11-22(12-5-2)13-7-10-20-18-15-17(23-3)14-16-8-6-9-21-19(16)18/h6,8-9,14-15,20H,4-5,7,10-13H2,1-3H3. The minimum absolute atomic E-state index is 0.867. The second-order valence-electron chi connectivity index (χ2n) is 5.87. The molecule has 2 rings (SSSR count). The highest BCUT2D eigenvalue weighted by atomic mass is 16.5. The first-order valence-corrected chi connectivity index (χ1v) is 8.67. The summed E-state index contributed by atoms with van der Waals surface area (Å²) in [6, 6.07) is 8.09. The summed E-state index contributed by atoms with van der Waals surface area (Å²) in [4.78, 5) is 7.05. The highest BCUT2D eigenvalue weighted by molar-refractivity contribution is 5.91. The first kappa shape index (κ1) is 17.5. The number of ether oxygens (including phenoxy) is 1. The highest BCUT2D eigenvalue weighted by Gasteiger charge is 2.06. The third kappa shape index (κ3) is 5.10. The molecule has 1 N–H and O–H groups in total. The number of nitrogens with zero attached hydrogens (tertiary/aromatic N) is 2. The van der Waals surface area contributed by atoms with Crippen LogP contribution in [0.4, 0.5) is 5.69 Å². The van der Waals surface area contributed by atoms with Gasteiger partial charge in [0, 0.05) is 24.2 Å². The molecule has 0 aliphatic rings. The van der Waals surface area contributed by atoms with Gasteiger partial charge in [-0.1, -0.05) is 19.9 Å². The van der Waals surface area contributed by atoms with Gasteiger partial charge in [0.15, 0.2) is 0 Å². The molecule has 4 nitrogen and oxygen atoms in total. The Hall–Kier alpha value is -1.81. The third-order valence-electron chi connectivity index (χ3n) is 3.96. The second kappa shape index (κ2) is 9.36. The largest absolute Gasteiger partial charge is 0.497 e. The van der Waals surface area contributed by atoms with E-state index in [0.29, 0.717) is 0 Å². The quantitative estimate of drug-likeness (QED) is 0.668. The van der Waals surface area contributed by atoms with Crippen LogP contribution >= 0.6 is 0 Å². The van der Waals surface area contributed by atoms with Crippen LogP contribution in [-0.4, -0.2) is 43.2 Å². The zero-order chi connectivity index (χ0) is 16.5. The second-order valence-corrected chi connectivity index (χ2v) is 5.87. The fraction of sp³-hybridized carbons (Fsp3) is 0.526. The minimum Gasteiger partial charge on any atom is -0.497 e. The Labute approximate surface area is 139 Å². The molecule has 0 saturated heterocycles. The van der Waals surface area contributed by atoms with E-state index in [1.54, 1.807) is 7.11 Å². The molecule has 0 unspecified atom stereocenters. The molecular weight excluding hydrogens is 286 g/mol. The van der Waals surface area contributed by atoms with Crippen LogP contribution in [0.15, 0.2) is 30.5 Å². The van der Waals surface area contributed by atoms with Gasteiger partial charge in [0.2, 0.25) is 0 Å². The number of fused-ring (bicyclic) bond motifs is 1. The maximum absolute atomic E-state index is 5.40. The van der Waals surface area contributed by atoms with E-state index in [1.807, 2.05) is 24.4 Å². The van der Waals surface area contributed by atoms with Crippen molar-refractivity contribution in [3.63, 3.8) is 0 Å². The van der Waals surface area contributed by atoms with Crippen LogP contribution in [-0.2, 0) is 0 Å². The molecule has 0 aliphatic heterocycles. The summed E-state index contributed by atoms with van der Waals surface area (Å²) in [5.41, 5.74) is 2.06. The van der Waals surface area contributed by atoms with Crippen molar-refractivity contribution in [1.29, 1.82) is 0 Å². The molecular formula is C19H29N3O. The lowest BCUT2D eigenvalue weighted by Gasteiger charge is -2.21. The van der Waals surface area contributed by atoms with E-state index in [-0.39, 0.29) is 0 Å². The summed E-state index contributed by atoms with van der Waals surface area (Å²) in [6.07, 6.45) is 5.41. The lowest BCUT2D eigenvalue weighted by molar-refractivity contribution is 0.274. The smallest absolute Gasteiger partial charge is 0.121 e. The summed E-state index contributed by atoms with van der Waals surface area (Å²) in [5.74, 6) is 0.867. The molecule has 0 radical (unpaired) electrons. The topological polar surface area (TPSA) is 37.4 Å². The van der Waals surface area contributed by atoms with Gasteiger partial charge in [-0.15, -0.1) is 0 Å². The van der Waals surface area contributed by atoms with Gasteiger partial charge in [-0.3, -0.25) is 4.98 Å². The normalized spacial score (nSPS) is 11.1. The Balaban J connectivity index is 1.96. The summed E-state index contributed by atoms with van der Waals surface area (Å²) < 4.78 is 5.40. The van der Waals surface area contributed by atoms with E-state index >= 15 is 0 Å². The van der Waals surface area contributed by atoms with Crippen molar-refractivity contribution in [2.75, 3.05) is 38.6 Å². The first-order valence-electron chi connectivity index (χ1n) is 8.67. The van der Waals surface area contributed by atoms with Gasteiger partial charge in [-0.2, -0.15) is 0 Å². The van der Waals surface area contributed by atoms with Crippen LogP contribution in [0.2, 0.25) is 0 Å². The Morgan fingerprint density at radius 3 is 2.61 bits per heavy atom. The van der Waals surface area contributed by atoms with Crippen molar-refractivity contribution in [3.05, 3.63) is 30.5 Å². The van der Waals surface area contributed by atoms with Crippen LogP contribution in [0.5, 0.6) is 5.75 Å². The van der Waals surface area contributed by atoms with Crippen LogP contribution < -0.4 is 10.1 Å². The fourth-order valence-corrected chi connectivity index (χ4v) is 2.91. The SMILES string of the molecule is CCCN(CCC)CCCNc1cc(OC)cc2cccnc12. The molecule has 126 valence electrons. The van der Waals surface area contributed by atoms with E-state index in [9.17, 15) is 0 Å². The summed E-state index contributed by atoms with van der Waals surface area (Å²) in [5, 5.41) is 4.64. The van der Waals surface area contributed by atoms with Crippen molar-refractivity contribution in [3.8, 4) is 5.75 Å². The maximum Gasteiger partial charge on any atom is 0.121 e. The van der Waals surface area contributed by atoms with E-state index in [4.69, 9.17) is 4.74 Å². The van der Waals surface area contributed by atoms with Gasteiger partial charge in [0.05, 0.1) is 18.3 Å². The molecule has 0 aliphatic carbocycles. The Bertz CT molecular complexity index is 594. The molecule has 4 heteroatoms. The molecule has 0 bridgehead atoms. The predicted octanol–water partition coefficient (Wildman–Crippen LogP) is 4.17.